The van der Waals surface area contributed by atoms with Gasteiger partial charge < -0.3 is 9.42 Å². The fraction of sp³-hybridized carbons (Fsp3) is 0.167. The zero-order chi connectivity index (χ0) is 11.5. The second-order valence-electron chi connectivity index (χ2n) is 3.63. The summed E-state index contributed by atoms with van der Waals surface area (Å²) in [4.78, 5) is 2.01. The van der Waals surface area contributed by atoms with Crippen LogP contribution in [0.4, 0.5) is 5.69 Å². The molecule has 16 heavy (non-hydrogen) atoms. The maximum atomic E-state index is 8.85. The molecule has 1 heterocycles. The van der Waals surface area contributed by atoms with Crippen LogP contribution < -0.4 is 4.90 Å². The molecule has 0 N–H and O–H groups in total. The van der Waals surface area contributed by atoms with E-state index in [2.05, 4.69) is 5.16 Å². The van der Waals surface area contributed by atoms with Crippen molar-refractivity contribution in [2.75, 3.05) is 19.0 Å². The molecule has 80 valence electrons. The molecule has 1 aromatic carbocycles. The van der Waals surface area contributed by atoms with Gasteiger partial charge in [-0.15, -0.1) is 0 Å². The predicted molar refractivity (Wildman–Crippen MR) is 61.0 cm³/mol. The fourth-order valence-corrected chi connectivity index (χ4v) is 1.44. The van der Waals surface area contributed by atoms with Gasteiger partial charge in [0.05, 0.1) is 0 Å². The van der Waals surface area contributed by atoms with Crippen LogP contribution in [0.15, 0.2) is 35.1 Å². The first kappa shape index (κ1) is 10.2. The summed E-state index contributed by atoms with van der Waals surface area (Å²) in [7, 11) is 3.96. The summed E-state index contributed by atoms with van der Waals surface area (Å²) in [5.74, 6) is 0. The van der Waals surface area contributed by atoms with E-state index >= 15 is 0 Å². The predicted octanol–water partition coefficient (Wildman–Crippen LogP) is 2.28. The lowest BCUT2D eigenvalue weighted by molar-refractivity contribution is 0.422. The summed E-state index contributed by atoms with van der Waals surface area (Å²) in [6, 6.07) is 9.85. The van der Waals surface area contributed by atoms with Crippen molar-refractivity contribution in [3.8, 4) is 17.3 Å². The van der Waals surface area contributed by atoms with Crippen molar-refractivity contribution in [2.45, 2.75) is 0 Å². The summed E-state index contributed by atoms with van der Waals surface area (Å²) >= 11 is 0. The Morgan fingerprint density at radius 1 is 1.25 bits per heavy atom. The molecular weight excluding hydrogens is 202 g/mol. The third-order valence-electron chi connectivity index (χ3n) is 2.35. The van der Waals surface area contributed by atoms with Crippen LogP contribution in [0.1, 0.15) is 5.56 Å². The van der Waals surface area contributed by atoms with Crippen molar-refractivity contribution in [2.24, 2.45) is 0 Å². The molecule has 0 bridgehead atoms. The van der Waals surface area contributed by atoms with Gasteiger partial charge in [-0.1, -0.05) is 17.3 Å². The monoisotopic (exact) mass is 213 g/mol. The molecule has 0 unspecified atom stereocenters. The molecular formula is C12H11N3O. The Hall–Kier alpha value is -2.28. The number of anilines is 1. The minimum atomic E-state index is 0.456. The lowest BCUT2D eigenvalue weighted by Gasteiger charge is -2.11. The number of nitrogens with zero attached hydrogens (tertiary/aromatic N) is 3. The second-order valence-corrected chi connectivity index (χ2v) is 3.63. The van der Waals surface area contributed by atoms with Crippen molar-refractivity contribution >= 4 is 5.69 Å². The Morgan fingerprint density at radius 3 is 2.50 bits per heavy atom. The molecule has 0 atom stereocenters. The molecule has 0 fully saturated rings. The van der Waals surface area contributed by atoms with Gasteiger partial charge in [0, 0.05) is 25.3 Å². The summed E-state index contributed by atoms with van der Waals surface area (Å²) in [5, 5.41) is 12.7. The summed E-state index contributed by atoms with van der Waals surface area (Å²) in [6.45, 7) is 0. The maximum Gasteiger partial charge on any atom is 0.142 e. The smallest absolute Gasteiger partial charge is 0.142 e. The highest BCUT2D eigenvalue weighted by molar-refractivity contribution is 5.67. The minimum Gasteiger partial charge on any atom is -0.378 e. The molecule has 0 saturated carbocycles. The SMILES string of the molecule is CN(C)c1ccc(-c2nocc2C#N)cc1. The molecule has 4 nitrogen and oxygen atoms in total. The number of aromatic nitrogens is 1. The Kier molecular flexibility index (Phi) is 2.61. The highest BCUT2D eigenvalue weighted by Crippen LogP contribution is 2.23. The average molecular weight is 213 g/mol. The normalized spacial score (nSPS) is 9.81. The first-order valence-electron chi connectivity index (χ1n) is 4.84. The fourth-order valence-electron chi connectivity index (χ4n) is 1.44. The van der Waals surface area contributed by atoms with Crippen LogP contribution in [0.5, 0.6) is 0 Å². The molecule has 0 aliphatic rings. The third kappa shape index (κ3) is 1.75. The van der Waals surface area contributed by atoms with Gasteiger partial charge in [-0.25, -0.2) is 0 Å². The van der Waals surface area contributed by atoms with Gasteiger partial charge in [0.2, 0.25) is 0 Å². The average Bonchev–Trinajstić information content (AvgIpc) is 2.77. The van der Waals surface area contributed by atoms with Crippen molar-refractivity contribution in [1.29, 1.82) is 5.26 Å². The zero-order valence-electron chi connectivity index (χ0n) is 9.14. The molecule has 0 amide bonds. The van der Waals surface area contributed by atoms with E-state index in [1.165, 1.54) is 6.26 Å². The summed E-state index contributed by atoms with van der Waals surface area (Å²) in [6.07, 6.45) is 1.36. The molecule has 0 aliphatic carbocycles. The Bertz CT molecular complexity index is 520. The van der Waals surface area contributed by atoms with Gasteiger partial charge in [0.15, 0.2) is 0 Å². The first-order valence-corrected chi connectivity index (χ1v) is 4.84. The van der Waals surface area contributed by atoms with Crippen molar-refractivity contribution in [1.82, 2.24) is 5.16 Å². The van der Waals surface area contributed by atoms with E-state index < -0.39 is 0 Å². The number of hydrogen-bond acceptors (Lipinski definition) is 4. The second kappa shape index (κ2) is 4.07. The van der Waals surface area contributed by atoms with Crippen molar-refractivity contribution in [3.05, 3.63) is 36.1 Å². The standard InChI is InChI=1S/C12H11N3O/c1-15(2)11-5-3-9(4-6-11)12-10(7-13)8-16-14-12/h3-6,8H,1-2H3. The van der Waals surface area contributed by atoms with E-state index in [0.717, 1.165) is 11.3 Å². The van der Waals surface area contributed by atoms with Crippen LogP contribution in [0.25, 0.3) is 11.3 Å². The molecule has 0 saturated heterocycles. The van der Waals surface area contributed by atoms with Crippen LogP contribution in [-0.2, 0) is 0 Å². The van der Waals surface area contributed by atoms with Gasteiger partial charge >= 0.3 is 0 Å². The largest absolute Gasteiger partial charge is 0.378 e. The molecule has 2 rings (SSSR count). The third-order valence-corrected chi connectivity index (χ3v) is 2.35. The molecule has 0 aliphatic heterocycles. The quantitative estimate of drug-likeness (QED) is 0.768. The summed E-state index contributed by atoms with van der Waals surface area (Å²) in [5.41, 5.74) is 3.03. The number of rotatable bonds is 2. The number of benzene rings is 1. The number of hydrogen-bond donors (Lipinski definition) is 0. The lowest BCUT2D eigenvalue weighted by Crippen LogP contribution is -2.07. The van der Waals surface area contributed by atoms with Crippen LogP contribution in [0.2, 0.25) is 0 Å². The highest BCUT2D eigenvalue weighted by Gasteiger charge is 2.09. The van der Waals surface area contributed by atoms with Crippen LogP contribution in [0.3, 0.4) is 0 Å². The van der Waals surface area contributed by atoms with Gasteiger partial charge in [0.25, 0.3) is 0 Å². The Morgan fingerprint density at radius 2 is 1.94 bits per heavy atom. The van der Waals surface area contributed by atoms with E-state index in [4.69, 9.17) is 9.78 Å². The number of nitriles is 1. The van der Waals surface area contributed by atoms with E-state index in [9.17, 15) is 0 Å². The highest BCUT2D eigenvalue weighted by atomic mass is 16.5. The van der Waals surface area contributed by atoms with Gasteiger partial charge in [0.1, 0.15) is 23.6 Å². The van der Waals surface area contributed by atoms with Crippen LogP contribution in [0, 0.1) is 11.3 Å². The topological polar surface area (TPSA) is 53.1 Å². The van der Waals surface area contributed by atoms with Crippen molar-refractivity contribution in [3.63, 3.8) is 0 Å². The lowest BCUT2D eigenvalue weighted by atomic mass is 10.1. The zero-order valence-corrected chi connectivity index (χ0v) is 9.14. The van der Waals surface area contributed by atoms with E-state index in [1.54, 1.807) is 0 Å². The Labute approximate surface area is 93.7 Å². The molecule has 0 radical (unpaired) electrons. The summed E-state index contributed by atoms with van der Waals surface area (Å²) < 4.78 is 4.79. The van der Waals surface area contributed by atoms with Gasteiger partial charge in [-0.2, -0.15) is 5.26 Å². The van der Waals surface area contributed by atoms with Crippen LogP contribution in [-0.4, -0.2) is 19.3 Å². The molecule has 4 heteroatoms. The first-order chi connectivity index (χ1) is 7.72. The molecule has 2 aromatic rings. The van der Waals surface area contributed by atoms with Gasteiger partial charge in [-0.05, 0) is 12.1 Å². The minimum absolute atomic E-state index is 0.456. The van der Waals surface area contributed by atoms with Crippen LogP contribution >= 0.6 is 0 Å². The maximum absolute atomic E-state index is 8.85. The van der Waals surface area contributed by atoms with Gasteiger partial charge in [-0.3, -0.25) is 0 Å². The van der Waals surface area contributed by atoms with E-state index in [1.807, 2.05) is 49.3 Å². The van der Waals surface area contributed by atoms with Crippen molar-refractivity contribution < 1.29 is 4.52 Å². The van der Waals surface area contributed by atoms with E-state index in [0.29, 0.717) is 11.3 Å². The molecule has 0 spiro atoms. The Balaban J connectivity index is 2.39. The molecule has 1 aromatic heterocycles. The van der Waals surface area contributed by atoms with E-state index in [-0.39, 0.29) is 0 Å².